The van der Waals surface area contributed by atoms with Crippen molar-refractivity contribution in [2.24, 2.45) is 0 Å². The molecule has 23 heavy (non-hydrogen) atoms. The van der Waals surface area contributed by atoms with E-state index in [0.717, 1.165) is 5.56 Å². The topological polar surface area (TPSA) is 55.8 Å². The number of rotatable bonds is 6. The molecule has 2 rings (SSSR count). The van der Waals surface area contributed by atoms with E-state index in [1.165, 1.54) is 6.07 Å². The summed E-state index contributed by atoms with van der Waals surface area (Å²) in [6, 6.07) is 5.08. The van der Waals surface area contributed by atoms with E-state index < -0.39 is 0 Å². The van der Waals surface area contributed by atoms with E-state index >= 15 is 0 Å². The fourth-order valence-electron chi connectivity index (χ4n) is 2.64. The highest BCUT2D eigenvalue weighted by molar-refractivity contribution is 5.76. The first-order chi connectivity index (χ1) is 11.0. The Morgan fingerprint density at radius 2 is 2.09 bits per heavy atom. The molecule has 5 nitrogen and oxygen atoms in total. The Bertz CT molecular complexity index is 529. The van der Waals surface area contributed by atoms with Gasteiger partial charge in [0.05, 0.1) is 11.8 Å². The molecule has 6 heteroatoms. The predicted octanol–water partition coefficient (Wildman–Crippen LogP) is 1.35. The number of aliphatic hydroxyl groups excluding tert-OH is 1. The molecule has 0 aliphatic carbocycles. The SMILES string of the molecule is CN(C)CCC(=O)NCc1ccc(N2CCC(O)CC2)c(F)c1. The third-order valence-electron chi connectivity index (χ3n) is 4.09. The van der Waals surface area contributed by atoms with E-state index in [1.807, 2.05) is 30.0 Å². The van der Waals surface area contributed by atoms with Crippen LogP contribution in [0, 0.1) is 5.82 Å². The van der Waals surface area contributed by atoms with Crippen molar-refractivity contribution in [2.45, 2.75) is 31.9 Å². The second kappa shape index (κ2) is 8.26. The molecule has 1 saturated heterocycles. The summed E-state index contributed by atoms with van der Waals surface area (Å²) < 4.78 is 14.3. The molecule has 0 saturated carbocycles. The van der Waals surface area contributed by atoms with Crippen LogP contribution in [0.3, 0.4) is 0 Å². The van der Waals surface area contributed by atoms with Gasteiger partial charge in [-0.25, -0.2) is 4.39 Å². The number of piperidine rings is 1. The van der Waals surface area contributed by atoms with Gasteiger partial charge in [0.2, 0.25) is 5.91 Å². The minimum Gasteiger partial charge on any atom is -0.393 e. The summed E-state index contributed by atoms with van der Waals surface area (Å²) >= 11 is 0. The van der Waals surface area contributed by atoms with E-state index in [9.17, 15) is 14.3 Å². The number of benzene rings is 1. The van der Waals surface area contributed by atoms with Crippen LogP contribution in [0.1, 0.15) is 24.8 Å². The first-order valence-electron chi connectivity index (χ1n) is 8.08. The molecule has 1 heterocycles. The lowest BCUT2D eigenvalue weighted by Crippen LogP contribution is -2.36. The number of aliphatic hydroxyl groups is 1. The van der Waals surface area contributed by atoms with Gasteiger partial charge in [0.15, 0.2) is 0 Å². The van der Waals surface area contributed by atoms with Crippen LogP contribution in [0.4, 0.5) is 10.1 Å². The van der Waals surface area contributed by atoms with Crippen LogP contribution in [-0.4, -0.2) is 55.7 Å². The van der Waals surface area contributed by atoms with Crippen LogP contribution in [0.25, 0.3) is 0 Å². The molecule has 1 aliphatic heterocycles. The number of anilines is 1. The van der Waals surface area contributed by atoms with Crippen molar-refractivity contribution >= 4 is 11.6 Å². The maximum absolute atomic E-state index is 14.3. The number of nitrogens with zero attached hydrogens (tertiary/aromatic N) is 2. The van der Waals surface area contributed by atoms with Gasteiger partial charge in [-0.2, -0.15) is 0 Å². The summed E-state index contributed by atoms with van der Waals surface area (Å²) in [6.07, 6.45) is 1.50. The third kappa shape index (κ3) is 5.48. The van der Waals surface area contributed by atoms with Crippen LogP contribution in [-0.2, 0) is 11.3 Å². The van der Waals surface area contributed by atoms with Gasteiger partial charge >= 0.3 is 0 Å². The number of amides is 1. The Labute approximate surface area is 137 Å². The normalized spacial score (nSPS) is 16.0. The Morgan fingerprint density at radius 3 is 2.70 bits per heavy atom. The number of halogens is 1. The lowest BCUT2D eigenvalue weighted by Gasteiger charge is -2.31. The van der Waals surface area contributed by atoms with Crippen LogP contribution in [0.5, 0.6) is 0 Å². The second-order valence-corrected chi connectivity index (χ2v) is 6.33. The van der Waals surface area contributed by atoms with Gasteiger partial charge < -0.3 is 20.2 Å². The molecule has 0 radical (unpaired) electrons. The zero-order chi connectivity index (χ0) is 16.8. The van der Waals surface area contributed by atoms with Gasteiger partial charge in [-0.3, -0.25) is 4.79 Å². The van der Waals surface area contributed by atoms with Gasteiger partial charge in [0, 0.05) is 32.6 Å². The summed E-state index contributed by atoms with van der Waals surface area (Å²) in [5.74, 6) is -0.311. The fraction of sp³-hybridized carbons (Fsp3) is 0.588. The van der Waals surface area contributed by atoms with Crippen molar-refractivity contribution in [3.05, 3.63) is 29.6 Å². The van der Waals surface area contributed by atoms with E-state index in [4.69, 9.17) is 0 Å². The summed E-state index contributed by atoms with van der Waals surface area (Å²) in [5.41, 5.74) is 1.32. The third-order valence-corrected chi connectivity index (χ3v) is 4.09. The number of hydrogen-bond acceptors (Lipinski definition) is 4. The average molecular weight is 323 g/mol. The number of nitrogens with one attached hydrogen (secondary N) is 1. The molecule has 0 unspecified atom stereocenters. The summed E-state index contributed by atoms with van der Waals surface area (Å²) in [6.45, 7) is 2.36. The molecular weight excluding hydrogens is 297 g/mol. The molecule has 0 spiro atoms. The van der Waals surface area contributed by atoms with Crippen LogP contribution < -0.4 is 10.2 Å². The zero-order valence-corrected chi connectivity index (χ0v) is 13.9. The lowest BCUT2D eigenvalue weighted by molar-refractivity contribution is -0.121. The second-order valence-electron chi connectivity index (χ2n) is 6.33. The van der Waals surface area contributed by atoms with Crippen molar-refractivity contribution in [3.63, 3.8) is 0 Å². The number of carbonyl (C=O) groups is 1. The Morgan fingerprint density at radius 1 is 1.39 bits per heavy atom. The van der Waals surface area contributed by atoms with E-state index in [1.54, 1.807) is 6.07 Å². The average Bonchev–Trinajstić information content (AvgIpc) is 2.52. The first-order valence-corrected chi connectivity index (χ1v) is 8.08. The molecular formula is C17H26FN3O2. The molecule has 128 valence electrons. The minimum atomic E-state index is -0.276. The quantitative estimate of drug-likeness (QED) is 0.830. The van der Waals surface area contributed by atoms with Crippen molar-refractivity contribution in [1.29, 1.82) is 0 Å². The van der Waals surface area contributed by atoms with Crippen LogP contribution in [0.15, 0.2) is 18.2 Å². The van der Waals surface area contributed by atoms with Gasteiger partial charge in [-0.05, 0) is 44.6 Å². The van der Waals surface area contributed by atoms with Gasteiger partial charge in [0.25, 0.3) is 0 Å². The molecule has 1 aromatic rings. The minimum absolute atomic E-state index is 0.0341. The fourth-order valence-corrected chi connectivity index (χ4v) is 2.64. The molecule has 1 aromatic carbocycles. The summed E-state index contributed by atoms with van der Waals surface area (Å²) in [7, 11) is 3.84. The molecule has 0 aromatic heterocycles. The standard InChI is InChI=1S/C17H26FN3O2/c1-20(2)8-7-17(23)19-12-13-3-4-16(15(18)11-13)21-9-5-14(22)6-10-21/h3-4,11,14,22H,5-10,12H2,1-2H3,(H,19,23). The van der Waals surface area contributed by atoms with Crippen molar-refractivity contribution < 1.29 is 14.3 Å². The molecule has 0 bridgehead atoms. The van der Waals surface area contributed by atoms with Crippen LogP contribution >= 0.6 is 0 Å². The van der Waals surface area contributed by atoms with Crippen molar-refractivity contribution in [1.82, 2.24) is 10.2 Å². The maximum atomic E-state index is 14.3. The molecule has 1 fully saturated rings. The maximum Gasteiger partial charge on any atom is 0.221 e. The monoisotopic (exact) mass is 323 g/mol. The van der Waals surface area contributed by atoms with E-state index in [-0.39, 0.29) is 17.8 Å². The van der Waals surface area contributed by atoms with E-state index in [2.05, 4.69) is 5.32 Å². The summed E-state index contributed by atoms with van der Waals surface area (Å²) in [5, 5.41) is 12.3. The van der Waals surface area contributed by atoms with Crippen LogP contribution in [0.2, 0.25) is 0 Å². The van der Waals surface area contributed by atoms with Crippen molar-refractivity contribution in [2.75, 3.05) is 38.6 Å². The lowest BCUT2D eigenvalue weighted by atomic mass is 10.1. The van der Waals surface area contributed by atoms with Crippen molar-refractivity contribution in [3.8, 4) is 0 Å². The Kier molecular flexibility index (Phi) is 6.36. The predicted molar refractivity (Wildman–Crippen MR) is 88.9 cm³/mol. The van der Waals surface area contributed by atoms with E-state index in [0.29, 0.717) is 51.1 Å². The first kappa shape index (κ1) is 17.7. The number of carbonyl (C=O) groups excluding carboxylic acids is 1. The largest absolute Gasteiger partial charge is 0.393 e. The Hall–Kier alpha value is -1.66. The highest BCUT2D eigenvalue weighted by atomic mass is 19.1. The molecule has 1 amide bonds. The molecule has 1 aliphatic rings. The summed E-state index contributed by atoms with van der Waals surface area (Å²) in [4.78, 5) is 15.6. The number of hydrogen-bond donors (Lipinski definition) is 2. The van der Waals surface area contributed by atoms with Gasteiger partial charge in [-0.1, -0.05) is 6.07 Å². The smallest absolute Gasteiger partial charge is 0.221 e. The highest BCUT2D eigenvalue weighted by Gasteiger charge is 2.19. The zero-order valence-electron chi connectivity index (χ0n) is 13.9. The molecule has 2 N–H and O–H groups in total. The molecule has 0 atom stereocenters. The van der Waals surface area contributed by atoms with Gasteiger partial charge in [-0.15, -0.1) is 0 Å². The van der Waals surface area contributed by atoms with Gasteiger partial charge in [0.1, 0.15) is 5.82 Å². The Balaban J connectivity index is 1.88. The highest BCUT2D eigenvalue weighted by Crippen LogP contribution is 2.24.